The molecule has 0 saturated heterocycles. The molecule has 102 valence electrons. The molecule has 5 heteroatoms. The van der Waals surface area contributed by atoms with Crippen LogP contribution < -0.4 is 15.2 Å². The van der Waals surface area contributed by atoms with Gasteiger partial charge < -0.3 is 19.6 Å². The van der Waals surface area contributed by atoms with E-state index in [1.54, 1.807) is 32.6 Å². The molecule has 2 aromatic rings. The summed E-state index contributed by atoms with van der Waals surface area (Å²) in [5, 5.41) is 0.533. The van der Waals surface area contributed by atoms with Crippen LogP contribution in [0, 0.1) is 6.92 Å². The van der Waals surface area contributed by atoms with Crippen molar-refractivity contribution in [3.8, 4) is 11.5 Å². The highest BCUT2D eigenvalue weighted by Gasteiger charge is 2.19. The van der Waals surface area contributed by atoms with E-state index >= 15 is 0 Å². The van der Waals surface area contributed by atoms with Crippen LogP contribution in [0.4, 0.5) is 0 Å². The van der Waals surface area contributed by atoms with Gasteiger partial charge in [0.05, 0.1) is 26.5 Å². The van der Waals surface area contributed by atoms with Crippen LogP contribution in [-0.4, -0.2) is 14.2 Å². The minimum absolute atomic E-state index is 0.369. The lowest BCUT2D eigenvalue weighted by Gasteiger charge is -2.16. The molecule has 1 aromatic carbocycles. The lowest BCUT2D eigenvalue weighted by Crippen LogP contribution is -2.13. The number of nitrogens with two attached hydrogens (primary N) is 1. The van der Waals surface area contributed by atoms with Gasteiger partial charge in [-0.3, -0.25) is 0 Å². The zero-order valence-corrected chi connectivity index (χ0v) is 11.8. The Morgan fingerprint density at radius 3 is 2.32 bits per heavy atom. The second-order valence-corrected chi connectivity index (χ2v) is 4.55. The first-order valence-corrected chi connectivity index (χ1v) is 6.17. The molecule has 1 atom stereocenters. The van der Waals surface area contributed by atoms with E-state index in [0.717, 1.165) is 16.9 Å². The van der Waals surface area contributed by atoms with E-state index in [1.165, 1.54) is 0 Å². The van der Waals surface area contributed by atoms with Crippen LogP contribution in [-0.2, 0) is 0 Å². The maximum atomic E-state index is 6.26. The van der Waals surface area contributed by atoms with Crippen molar-refractivity contribution in [2.24, 2.45) is 5.73 Å². The molecule has 0 fully saturated rings. The smallest absolute Gasteiger partial charge is 0.162 e. The maximum Gasteiger partial charge on any atom is 0.162 e. The largest absolute Gasteiger partial charge is 0.493 e. The topological polar surface area (TPSA) is 57.6 Å². The van der Waals surface area contributed by atoms with Crippen molar-refractivity contribution in [3.05, 3.63) is 46.4 Å². The molecular formula is C14H16ClNO3. The van der Waals surface area contributed by atoms with E-state index in [0.29, 0.717) is 16.5 Å². The van der Waals surface area contributed by atoms with Crippen LogP contribution in [0.25, 0.3) is 0 Å². The fraction of sp³-hybridized carbons (Fsp3) is 0.286. The highest BCUT2D eigenvalue weighted by Crippen LogP contribution is 2.37. The van der Waals surface area contributed by atoms with Crippen LogP contribution in [0.15, 0.2) is 28.9 Å². The maximum absolute atomic E-state index is 6.26. The fourth-order valence-corrected chi connectivity index (χ4v) is 2.26. The molecule has 0 aliphatic rings. The van der Waals surface area contributed by atoms with Crippen LogP contribution >= 0.6 is 11.6 Å². The lowest BCUT2D eigenvalue weighted by atomic mass is 9.99. The summed E-state index contributed by atoms with van der Waals surface area (Å²) in [6.07, 6.45) is 1.61. The number of hydrogen-bond donors (Lipinski definition) is 1. The third kappa shape index (κ3) is 2.55. The molecule has 1 aromatic heterocycles. The molecule has 0 bridgehead atoms. The van der Waals surface area contributed by atoms with E-state index < -0.39 is 0 Å². The van der Waals surface area contributed by atoms with Gasteiger partial charge in [0.2, 0.25) is 0 Å². The first kappa shape index (κ1) is 13.8. The average molecular weight is 282 g/mol. The predicted octanol–water partition coefficient (Wildman–Crippen LogP) is 3.31. The minimum atomic E-state index is -0.369. The van der Waals surface area contributed by atoms with E-state index in [4.69, 9.17) is 31.2 Å². The Labute approximate surface area is 117 Å². The first-order chi connectivity index (χ1) is 9.08. The molecule has 2 N–H and O–H groups in total. The number of halogens is 1. The summed E-state index contributed by atoms with van der Waals surface area (Å²) < 4.78 is 15.7. The number of methoxy groups -OCH3 is 2. The standard InChI is InChI=1S/C14H16ClNO3/c1-8-9(4-5-19-8)14(16)10-6-12(17-2)13(18-3)7-11(10)15/h4-7,14H,16H2,1-3H3. The predicted molar refractivity (Wildman–Crippen MR) is 74.0 cm³/mol. The molecule has 4 nitrogen and oxygen atoms in total. The molecule has 1 unspecified atom stereocenters. The van der Waals surface area contributed by atoms with E-state index in [9.17, 15) is 0 Å². The van der Waals surface area contributed by atoms with Crippen LogP contribution in [0.1, 0.15) is 22.9 Å². The van der Waals surface area contributed by atoms with Gasteiger partial charge in [-0.15, -0.1) is 0 Å². The SMILES string of the molecule is COc1cc(Cl)c(C(N)c2ccoc2C)cc1OC. The number of hydrogen-bond acceptors (Lipinski definition) is 4. The molecule has 19 heavy (non-hydrogen) atoms. The van der Waals surface area contributed by atoms with Gasteiger partial charge in [0, 0.05) is 16.7 Å². The minimum Gasteiger partial charge on any atom is -0.493 e. The zero-order valence-electron chi connectivity index (χ0n) is 11.1. The second-order valence-electron chi connectivity index (χ2n) is 4.14. The zero-order chi connectivity index (χ0) is 14.0. The normalized spacial score (nSPS) is 12.3. The summed E-state index contributed by atoms with van der Waals surface area (Å²) in [4.78, 5) is 0. The summed E-state index contributed by atoms with van der Waals surface area (Å²) in [6, 6.07) is 4.96. The summed E-state index contributed by atoms with van der Waals surface area (Å²) in [5.41, 5.74) is 7.90. The van der Waals surface area contributed by atoms with E-state index in [1.807, 2.05) is 13.0 Å². The van der Waals surface area contributed by atoms with Crippen LogP contribution in [0.3, 0.4) is 0 Å². The molecule has 0 amide bonds. The number of rotatable bonds is 4. The Morgan fingerprint density at radius 1 is 1.16 bits per heavy atom. The van der Waals surface area contributed by atoms with Gasteiger partial charge in [-0.05, 0) is 24.6 Å². The monoisotopic (exact) mass is 281 g/mol. The fourth-order valence-electron chi connectivity index (χ4n) is 1.99. The lowest BCUT2D eigenvalue weighted by molar-refractivity contribution is 0.354. The van der Waals surface area contributed by atoms with Gasteiger partial charge >= 0.3 is 0 Å². The summed E-state index contributed by atoms with van der Waals surface area (Å²) in [7, 11) is 3.14. The van der Waals surface area contributed by atoms with E-state index in [-0.39, 0.29) is 6.04 Å². The third-order valence-corrected chi connectivity index (χ3v) is 3.40. The van der Waals surface area contributed by atoms with Gasteiger partial charge in [0.15, 0.2) is 11.5 Å². The Morgan fingerprint density at radius 2 is 1.79 bits per heavy atom. The van der Waals surface area contributed by atoms with Gasteiger partial charge in [0.25, 0.3) is 0 Å². The van der Waals surface area contributed by atoms with Crippen molar-refractivity contribution in [2.45, 2.75) is 13.0 Å². The van der Waals surface area contributed by atoms with E-state index in [2.05, 4.69) is 0 Å². The first-order valence-electron chi connectivity index (χ1n) is 5.79. The summed E-state index contributed by atoms with van der Waals surface area (Å²) >= 11 is 6.26. The van der Waals surface area contributed by atoms with Gasteiger partial charge in [0.1, 0.15) is 5.76 Å². The molecule has 0 aliphatic heterocycles. The van der Waals surface area contributed by atoms with Crippen molar-refractivity contribution in [1.82, 2.24) is 0 Å². The van der Waals surface area contributed by atoms with Gasteiger partial charge in [-0.2, -0.15) is 0 Å². The van der Waals surface area contributed by atoms with Crippen LogP contribution in [0.2, 0.25) is 5.02 Å². The van der Waals surface area contributed by atoms with Crippen molar-refractivity contribution >= 4 is 11.6 Å². The summed E-state index contributed by atoms with van der Waals surface area (Å²) in [6.45, 7) is 1.86. The van der Waals surface area contributed by atoms with Crippen LogP contribution in [0.5, 0.6) is 11.5 Å². The Hall–Kier alpha value is -1.65. The molecular weight excluding hydrogens is 266 g/mol. The molecule has 0 saturated carbocycles. The number of ether oxygens (including phenoxy) is 2. The second kappa shape index (κ2) is 5.55. The molecule has 2 rings (SSSR count). The van der Waals surface area contributed by atoms with Crippen molar-refractivity contribution < 1.29 is 13.9 Å². The average Bonchev–Trinajstić information content (AvgIpc) is 2.83. The Balaban J connectivity index is 2.48. The molecule has 1 heterocycles. The Bertz CT molecular complexity index is 580. The Kier molecular flexibility index (Phi) is 4.02. The van der Waals surface area contributed by atoms with Crippen molar-refractivity contribution in [1.29, 1.82) is 0 Å². The number of aryl methyl sites for hydroxylation is 1. The van der Waals surface area contributed by atoms with Gasteiger partial charge in [-0.25, -0.2) is 0 Å². The highest BCUT2D eigenvalue weighted by molar-refractivity contribution is 6.31. The number of benzene rings is 1. The molecule has 0 spiro atoms. The van der Waals surface area contributed by atoms with Crippen molar-refractivity contribution in [2.75, 3.05) is 14.2 Å². The molecule has 0 radical (unpaired) electrons. The quantitative estimate of drug-likeness (QED) is 0.934. The summed E-state index contributed by atoms with van der Waals surface area (Å²) in [5.74, 6) is 1.95. The van der Waals surface area contributed by atoms with Crippen molar-refractivity contribution in [3.63, 3.8) is 0 Å². The highest BCUT2D eigenvalue weighted by atomic mass is 35.5. The third-order valence-electron chi connectivity index (χ3n) is 3.07. The number of furan rings is 1. The molecule has 0 aliphatic carbocycles. The van der Waals surface area contributed by atoms with Gasteiger partial charge in [-0.1, -0.05) is 11.6 Å².